The minimum atomic E-state index is -0.388. The summed E-state index contributed by atoms with van der Waals surface area (Å²) < 4.78 is 0. The number of nitrogens with zero attached hydrogens (tertiary/aromatic N) is 2. The summed E-state index contributed by atoms with van der Waals surface area (Å²) >= 11 is 1.52. The maximum Gasteiger partial charge on any atom is 0.323 e. The van der Waals surface area contributed by atoms with Gasteiger partial charge < -0.3 is 26.4 Å². The van der Waals surface area contributed by atoms with E-state index in [9.17, 15) is 9.59 Å². The van der Waals surface area contributed by atoms with Crippen LogP contribution < -0.4 is 21.3 Å². The van der Waals surface area contributed by atoms with Crippen LogP contribution in [0.1, 0.15) is 6.92 Å². The Morgan fingerprint density at radius 2 is 1.50 bits per heavy atom. The van der Waals surface area contributed by atoms with Crippen LogP contribution >= 0.6 is 11.8 Å². The number of hydrogen-bond donors (Lipinski definition) is 5. The Morgan fingerprint density at radius 3 is 2.03 bits per heavy atom. The Bertz CT molecular complexity index is 1070. The molecule has 0 spiro atoms. The van der Waals surface area contributed by atoms with Crippen molar-refractivity contribution in [1.82, 2.24) is 9.97 Å². The molecular formula is C22H24N6O3S. The Balaban J connectivity index is 1.63. The summed E-state index contributed by atoms with van der Waals surface area (Å²) in [5, 5.41) is 20.3. The maximum atomic E-state index is 12.3. The van der Waals surface area contributed by atoms with Crippen LogP contribution in [0.25, 0.3) is 11.4 Å². The van der Waals surface area contributed by atoms with Crippen molar-refractivity contribution >= 4 is 46.6 Å². The molecule has 0 fully saturated rings. The van der Waals surface area contributed by atoms with Gasteiger partial charge in [-0.2, -0.15) is 0 Å². The minimum absolute atomic E-state index is 0.00896. The van der Waals surface area contributed by atoms with E-state index in [-0.39, 0.29) is 18.5 Å². The summed E-state index contributed by atoms with van der Waals surface area (Å²) in [7, 11) is 0. The average Bonchev–Trinajstić information content (AvgIpc) is 2.79. The molecule has 0 atom stereocenters. The molecule has 1 aromatic heterocycles. The third kappa shape index (κ3) is 6.43. The first-order valence-electron chi connectivity index (χ1n) is 9.80. The number of aliphatic hydroxyl groups is 1. The number of aliphatic hydroxyl groups excluding tert-OH is 1. The molecule has 166 valence electrons. The quantitative estimate of drug-likeness (QED) is 0.328. The van der Waals surface area contributed by atoms with E-state index in [0.29, 0.717) is 35.2 Å². The van der Waals surface area contributed by atoms with Crippen LogP contribution in [0.5, 0.6) is 0 Å². The van der Waals surface area contributed by atoms with Crippen LogP contribution in [0.3, 0.4) is 0 Å². The van der Waals surface area contributed by atoms with Gasteiger partial charge in [0.1, 0.15) is 5.82 Å². The molecule has 0 radical (unpaired) electrons. The van der Waals surface area contributed by atoms with Gasteiger partial charge in [-0.05, 0) is 54.8 Å². The highest BCUT2D eigenvalue weighted by molar-refractivity contribution is 7.98. The second kappa shape index (κ2) is 11.1. The van der Waals surface area contributed by atoms with E-state index in [1.165, 1.54) is 18.7 Å². The van der Waals surface area contributed by atoms with Crippen molar-refractivity contribution in [3.05, 3.63) is 54.7 Å². The lowest BCUT2D eigenvalue weighted by Gasteiger charge is -2.11. The number of thioether (sulfide) groups is 1. The van der Waals surface area contributed by atoms with Crippen molar-refractivity contribution in [1.29, 1.82) is 0 Å². The molecule has 0 bridgehead atoms. The van der Waals surface area contributed by atoms with Gasteiger partial charge in [-0.3, -0.25) is 4.79 Å². The zero-order chi connectivity index (χ0) is 22.9. The number of amides is 3. The molecular weight excluding hydrogens is 428 g/mol. The molecule has 3 rings (SSSR count). The fraction of sp³-hybridized carbons (Fsp3) is 0.182. The summed E-state index contributed by atoms with van der Waals surface area (Å²) in [6, 6.07) is 13.6. The molecule has 0 aliphatic heterocycles. The van der Waals surface area contributed by atoms with Gasteiger partial charge in [0, 0.05) is 42.3 Å². The molecule has 3 aromatic rings. The van der Waals surface area contributed by atoms with Crippen molar-refractivity contribution in [3.63, 3.8) is 0 Å². The monoisotopic (exact) mass is 452 g/mol. The summed E-state index contributed by atoms with van der Waals surface area (Å²) in [5.74, 6) is 1.05. The Morgan fingerprint density at radius 1 is 0.938 bits per heavy atom. The molecule has 0 aliphatic rings. The third-order valence-corrected chi connectivity index (χ3v) is 4.98. The van der Waals surface area contributed by atoms with Gasteiger partial charge in [0.2, 0.25) is 5.91 Å². The lowest BCUT2D eigenvalue weighted by Crippen LogP contribution is -2.19. The number of carbonyl (C=O) groups excluding carboxylic acids is 2. The molecule has 5 N–H and O–H groups in total. The first-order valence-corrected chi connectivity index (χ1v) is 11.0. The molecule has 0 unspecified atom stereocenters. The third-order valence-electron chi connectivity index (χ3n) is 4.24. The van der Waals surface area contributed by atoms with E-state index in [4.69, 9.17) is 5.11 Å². The van der Waals surface area contributed by atoms with Gasteiger partial charge in [-0.25, -0.2) is 14.8 Å². The van der Waals surface area contributed by atoms with E-state index >= 15 is 0 Å². The number of hydrogen-bond acceptors (Lipinski definition) is 7. The first-order chi connectivity index (χ1) is 15.5. The fourth-order valence-electron chi connectivity index (χ4n) is 2.80. The van der Waals surface area contributed by atoms with Crippen LogP contribution in [0.15, 0.2) is 59.6 Å². The largest absolute Gasteiger partial charge is 0.395 e. The average molecular weight is 453 g/mol. The standard InChI is InChI=1S/C22H24N6O3S/c1-14(30)25-16-7-9-18(10-8-16)27-22(31)26-17-5-3-15(4-6-17)20-24-13-19(32-2)21(28-20)23-11-12-29/h3-10,13,29H,11-12H2,1-2H3,(H,25,30)(H,23,24,28)(H2,26,27,31). The second-order valence-corrected chi connectivity index (χ2v) is 7.52. The lowest BCUT2D eigenvalue weighted by atomic mass is 10.2. The van der Waals surface area contributed by atoms with E-state index in [1.807, 2.05) is 18.4 Å². The molecule has 10 heteroatoms. The Kier molecular flexibility index (Phi) is 8.01. The number of nitrogens with one attached hydrogen (secondary N) is 4. The molecule has 32 heavy (non-hydrogen) atoms. The number of aromatic nitrogens is 2. The Labute approximate surface area is 190 Å². The molecule has 3 amide bonds. The number of carbonyl (C=O) groups is 2. The number of urea groups is 1. The van der Waals surface area contributed by atoms with Crippen molar-refractivity contribution < 1.29 is 14.7 Å². The van der Waals surface area contributed by atoms with E-state index in [1.54, 1.807) is 42.6 Å². The van der Waals surface area contributed by atoms with Crippen LogP contribution in [0, 0.1) is 0 Å². The van der Waals surface area contributed by atoms with Gasteiger partial charge in [0.15, 0.2) is 5.82 Å². The second-order valence-electron chi connectivity index (χ2n) is 6.68. The zero-order valence-corrected chi connectivity index (χ0v) is 18.5. The molecule has 9 nitrogen and oxygen atoms in total. The van der Waals surface area contributed by atoms with Gasteiger partial charge >= 0.3 is 6.03 Å². The number of benzene rings is 2. The molecule has 1 heterocycles. The smallest absolute Gasteiger partial charge is 0.323 e. The topological polar surface area (TPSA) is 128 Å². The molecule has 0 saturated heterocycles. The molecule has 0 aliphatic carbocycles. The maximum absolute atomic E-state index is 12.3. The van der Waals surface area contributed by atoms with Crippen molar-refractivity contribution in [2.75, 3.05) is 40.7 Å². The van der Waals surface area contributed by atoms with Crippen molar-refractivity contribution in [3.8, 4) is 11.4 Å². The highest BCUT2D eigenvalue weighted by Crippen LogP contribution is 2.26. The van der Waals surface area contributed by atoms with Crippen LogP contribution in [-0.4, -0.2) is 46.4 Å². The summed E-state index contributed by atoms with van der Waals surface area (Å²) in [5.41, 5.74) is 2.66. The molecule has 0 saturated carbocycles. The predicted octanol–water partition coefficient (Wildman–Crippen LogP) is 3.87. The van der Waals surface area contributed by atoms with Gasteiger partial charge in [-0.15, -0.1) is 11.8 Å². The van der Waals surface area contributed by atoms with Crippen LogP contribution in [0.4, 0.5) is 27.7 Å². The van der Waals surface area contributed by atoms with Crippen molar-refractivity contribution in [2.24, 2.45) is 0 Å². The fourth-order valence-corrected chi connectivity index (χ4v) is 3.27. The molecule has 2 aromatic carbocycles. The van der Waals surface area contributed by atoms with Gasteiger partial charge in [-0.1, -0.05) is 0 Å². The normalized spacial score (nSPS) is 10.3. The van der Waals surface area contributed by atoms with E-state index < -0.39 is 0 Å². The SMILES string of the molecule is CSc1cnc(-c2ccc(NC(=O)Nc3ccc(NC(C)=O)cc3)cc2)nc1NCCO. The van der Waals surface area contributed by atoms with E-state index in [0.717, 1.165) is 10.5 Å². The summed E-state index contributed by atoms with van der Waals surface area (Å²) in [6.45, 7) is 1.84. The van der Waals surface area contributed by atoms with Crippen LogP contribution in [0.2, 0.25) is 0 Å². The Hall–Kier alpha value is -3.63. The van der Waals surface area contributed by atoms with Gasteiger partial charge in [0.05, 0.1) is 11.5 Å². The van der Waals surface area contributed by atoms with Gasteiger partial charge in [0.25, 0.3) is 0 Å². The van der Waals surface area contributed by atoms with Crippen LogP contribution in [-0.2, 0) is 4.79 Å². The minimum Gasteiger partial charge on any atom is -0.395 e. The first kappa shape index (κ1) is 23.0. The summed E-state index contributed by atoms with van der Waals surface area (Å²) in [6.07, 6.45) is 3.68. The summed E-state index contributed by atoms with van der Waals surface area (Å²) in [4.78, 5) is 33.2. The zero-order valence-electron chi connectivity index (χ0n) is 17.7. The number of rotatable bonds is 8. The van der Waals surface area contributed by atoms with Crippen molar-refractivity contribution in [2.45, 2.75) is 11.8 Å². The van der Waals surface area contributed by atoms with E-state index in [2.05, 4.69) is 31.2 Å². The highest BCUT2D eigenvalue weighted by Gasteiger charge is 2.09. The lowest BCUT2D eigenvalue weighted by molar-refractivity contribution is -0.114. The predicted molar refractivity (Wildman–Crippen MR) is 128 cm³/mol. The number of anilines is 4. The highest BCUT2D eigenvalue weighted by atomic mass is 32.2.